The summed E-state index contributed by atoms with van der Waals surface area (Å²) < 4.78 is 2.11. The van der Waals surface area contributed by atoms with Crippen molar-refractivity contribution in [1.82, 2.24) is 9.55 Å². The van der Waals surface area contributed by atoms with Gasteiger partial charge in [0.15, 0.2) is 0 Å². The molecule has 0 saturated carbocycles. The summed E-state index contributed by atoms with van der Waals surface area (Å²) in [6, 6.07) is 15.1. The Morgan fingerprint density at radius 3 is 2.74 bits per heavy atom. The average molecular weight is 271 g/mol. The van der Waals surface area contributed by atoms with Gasteiger partial charge >= 0.3 is 0 Å². The van der Waals surface area contributed by atoms with Gasteiger partial charge in [-0.05, 0) is 22.8 Å². The third-order valence-electron chi connectivity index (χ3n) is 3.39. The Bertz CT molecular complexity index is 688. The summed E-state index contributed by atoms with van der Waals surface area (Å²) in [5.41, 5.74) is 2.41. The molecule has 0 amide bonds. The van der Waals surface area contributed by atoms with E-state index < -0.39 is 0 Å². The number of aryl methyl sites for hydroxylation is 2. The maximum atomic E-state index is 5.87. The fourth-order valence-electron chi connectivity index (χ4n) is 2.30. The first-order valence-electron chi connectivity index (χ1n) is 6.39. The fraction of sp³-hybridized carbons (Fsp3) is 0.188. The molecule has 0 radical (unpaired) electrons. The molecule has 0 bridgehead atoms. The second-order valence-corrected chi connectivity index (χ2v) is 4.91. The number of halogens is 1. The zero-order chi connectivity index (χ0) is 13.1. The SMILES string of the molecule is ClCc1cncn1CCc1ccc2ccccc2c1. The molecular formula is C16H15ClN2. The number of imidazole rings is 1. The summed E-state index contributed by atoms with van der Waals surface area (Å²) in [6.45, 7) is 0.917. The lowest BCUT2D eigenvalue weighted by Crippen LogP contribution is -2.03. The Hall–Kier alpha value is -1.80. The largest absolute Gasteiger partial charge is 0.333 e. The van der Waals surface area contributed by atoms with E-state index in [9.17, 15) is 0 Å². The number of rotatable bonds is 4. The number of nitrogens with zero attached hydrogens (tertiary/aromatic N) is 2. The Morgan fingerprint density at radius 1 is 1.05 bits per heavy atom. The van der Waals surface area contributed by atoms with E-state index in [2.05, 4.69) is 52.0 Å². The fourth-order valence-corrected chi connectivity index (χ4v) is 2.53. The Morgan fingerprint density at radius 2 is 1.89 bits per heavy atom. The predicted octanol–water partition coefficient (Wildman–Crippen LogP) is 4.02. The molecule has 2 nitrogen and oxygen atoms in total. The van der Waals surface area contributed by atoms with Gasteiger partial charge in [-0.15, -0.1) is 11.6 Å². The monoisotopic (exact) mass is 270 g/mol. The molecule has 1 heterocycles. The van der Waals surface area contributed by atoms with E-state index in [-0.39, 0.29) is 0 Å². The van der Waals surface area contributed by atoms with Gasteiger partial charge in [0.25, 0.3) is 0 Å². The van der Waals surface area contributed by atoms with Crippen molar-refractivity contribution < 1.29 is 0 Å². The lowest BCUT2D eigenvalue weighted by Gasteiger charge is -2.07. The van der Waals surface area contributed by atoms with Crippen LogP contribution in [0.1, 0.15) is 11.3 Å². The summed E-state index contributed by atoms with van der Waals surface area (Å²) >= 11 is 5.87. The second kappa shape index (κ2) is 5.45. The molecular weight excluding hydrogens is 256 g/mol. The molecule has 3 heteroatoms. The minimum absolute atomic E-state index is 0.512. The summed E-state index contributed by atoms with van der Waals surface area (Å²) in [6.07, 6.45) is 4.66. The van der Waals surface area contributed by atoms with Gasteiger partial charge in [-0.3, -0.25) is 0 Å². The molecule has 0 N–H and O–H groups in total. The zero-order valence-corrected chi connectivity index (χ0v) is 11.3. The highest BCUT2D eigenvalue weighted by molar-refractivity contribution is 6.16. The van der Waals surface area contributed by atoms with E-state index in [1.165, 1.54) is 16.3 Å². The van der Waals surface area contributed by atoms with Crippen LogP contribution in [0.3, 0.4) is 0 Å². The van der Waals surface area contributed by atoms with Crippen LogP contribution < -0.4 is 0 Å². The van der Waals surface area contributed by atoms with Crippen molar-refractivity contribution in [3.05, 3.63) is 66.2 Å². The van der Waals surface area contributed by atoms with E-state index in [4.69, 9.17) is 11.6 Å². The van der Waals surface area contributed by atoms with Crippen LogP contribution in [0.25, 0.3) is 10.8 Å². The lowest BCUT2D eigenvalue weighted by atomic mass is 10.1. The van der Waals surface area contributed by atoms with E-state index >= 15 is 0 Å². The minimum atomic E-state index is 0.512. The molecule has 3 rings (SSSR count). The molecule has 3 aromatic rings. The normalized spacial score (nSPS) is 11.0. The summed E-state index contributed by atoms with van der Waals surface area (Å²) in [4.78, 5) is 4.13. The Kier molecular flexibility index (Phi) is 3.51. The Labute approximate surface area is 117 Å². The lowest BCUT2D eigenvalue weighted by molar-refractivity contribution is 0.675. The first kappa shape index (κ1) is 12.2. The Balaban J connectivity index is 1.78. The second-order valence-electron chi connectivity index (χ2n) is 4.64. The standard InChI is InChI=1S/C16H15ClN2/c17-10-16-11-18-12-19(16)8-7-13-5-6-14-3-1-2-4-15(14)9-13/h1-6,9,11-12H,7-8,10H2. The van der Waals surface area contributed by atoms with Crippen molar-refractivity contribution in [2.45, 2.75) is 18.8 Å². The third kappa shape index (κ3) is 2.64. The predicted molar refractivity (Wildman–Crippen MR) is 79.4 cm³/mol. The molecule has 0 aliphatic carbocycles. The van der Waals surface area contributed by atoms with Crippen molar-refractivity contribution in [3.8, 4) is 0 Å². The van der Waals surface area contributed by atoms with Crippen LogP contribution in [0.5, 0.6) is 0 Å². The molecule has 0 spiro atoms. The van der Waals surface area contributed by atoms with E-state index in [0.717, 1.165) is 18.7 Å². The van der Waals surface area contributed by atoms with Crippen LogP contribution in [0, 0.1) is 0 Å². The van der Waals surface area contributed by atoms with Crippen molar-refractivity contribution in [2.24, 2.45) is 0 Å². The molecule has 0 fully saturated rings. The van der Waals surface area contributed by atoms with Gasteiger partial charge < -0.3 is 4.57 Å². The molecule has 96 valence electrons. The molecule has 1 aromatic heterocycles. The minimum Gasteiger partial charge on any atom is -0.333 e. The molecule has 2 aromatic carbocycles. The molecule has 0 saturated heterocycles. The summed E-state index contributed by atoms with van der Waals surface area (Å²) in [5.74, 6) is 0.512. The first-order valence-corrected chi connectivity index (χ1v) is 6.93. The number of benzene rings is 2. The zero-order valence-electron chi connectivity index (χ0n) is 10.6. The molecule has 0 aliphatic rings. The van der Waals surface area contributed by atoms with Gasteiger partial charge in [0.2, 0.25) is 0 Å². The highest BCUT2D eigenvalue weighted by atomic mass is 35.5. The number of aromatic nitrogens is 2. The molecule has 19 heavy (non-hydrogen) atoms. The highest BCUT2D eigenvalue weighted by Crippen LogP contribution is 2.16. The van der Waals surface area contributed by atoms with Crippen LogP contribution in [0.15, 0.2) is 55.0 Å². The van der Waals surface area contributed by atoms with Crippen LogP contribution in [0.2, 0.25) is 0 Å². The number of hydrogen-bond acceptors (Lipinski definition) is 1. The van der Waals surface area contributed by atoms with E-state index in [0.29, 0.717) is 5.88 Å². The van der Waals surface area contributed by atoms with Crippen LogP contribution >= 0.6 is 11.6 Å². The van der Waals surface area contributed by atoms with Crippen LogP contribution in [0.4, 0.5) is 0 Å². The van der Waals surface area contributed by atoms with Crippen molar-refractivity contribution in [3.63, 3.8) is 0 Å². The summed E-state index contributed by atoms with van der Waals surface area (Å²) in [7, 11) is 0. The van der Waals surface area contributed by atoms with Gasteiger partial charge in [0.1, 0.15) is 0 Å². The number of hydrogen-bond donors (Lipinski definition) is 0. The smallest absolute Gasteiger partial charge is 0.0948 e. The molecule has 0 atom stereocenters. The highest BCUT2D eigenvalue weighted by Gasteiger charge is 2.01. The third-order valence-corrected chi connectivity index (χ3v) is 3.66. The summed E-state index contributed by atoms with van der Waals surface area (Å²) in [5, 5.41) is 2.58. The van der Waals surface area contributed by atoms with Gasteiger partial charge in [0.05, 0.1) is 17.9 Å². The van der Waals surface area contributed by atoms with E-state index in [1.54, 1.807) is 0 Å². The first-order chi connectivity index (χ1) is 9.36. The van der Waals surface area contributed by atoms with Gasteiger partial charge in [0, 0.05) is 12.7 Å². The maximum absolute atomic E-state index is 5.87. The van der Waals surface area contributed by atoms with Crippen molar-refractivity contribution >= 4 is 22.4 Å². The molecule has 0 aliphatic heterocycles. The van der Waals surface area contributed by atoms with Crippen molar-refractivity contribution in [2.75, 3.05) is 0 Å². The van der Waals surface area contributed by atoms with Gasteiger partial charge in [-0.2, -0.15) is 0 Å². The topological polar surface area (TPSA) is 17.8 Å². The quantitative estimate of drug-likeness (QED) is 0.655. The van der Waals surface area contributed by atoms with Crippen LogP contribution in [-0.2, 0) is 18.8 Å². The van der Waals surface area contributed by atoms with Crippen LogP contribution in [-0.4, -0.2) is 9.55 Å². The number of fused-ring (bicyclic) bond motifs is 1. The van der Waals surface area contributed by atoms with E-state index in [1.807, 2.05) is 12.5 Å². The maximum Gasteiger partial charge on any atom is 0.0948 e. The van der Waals surface area contributed by atoms with Gasteiger partial charge in [-0.1, -0.05) is 42.5 Å². The number of alkyl halides is 1. The molecule has 0 unspecified atom stereocenters. The van der Waals surface area contributed by atoms with Gasteiger partial charge in [-0.25, -0.2) is 4.98 Å². The van der Waals surface area contributed by atoms with Crippen molar-refractivity contribution in [1.29, 1.82) is 0 Å². The average Bonchev–Trinajstić information content (AvgIpc) is 2.92.